The predicted molar refractivity (Wildman–Crippen MR) is 128 cm³/mol. The number of nitrogens with zero attached hydrogens (tertiary/aromatic N) is 3. The Balaban J connectivity index is 1.55. The lowest BCUT2D eigenvalue weighted by Crippen LogP contribution is -2.30. The predicted octanol–water partition coefficient (Wildman–Crippen LogP) is 4.80. The van der Waals surface area contributed by atoms with Crippen molar-refractivity contribution in [2.45, 2.75) is 51.0 Å². The maximum atomic E-state index is 10.9. The quantitative estimate of drug-likeness (QED) is 0.178. The zero-order valence-electron chi connectivity index (χ0n) is 18.6. The summed E-state index contributed by atoms with van der Waals surface area (Å²) in [6.07, 6.45) is 13.9. The number of fused-ring (bicyclic) bond motifs is 2. The van der Waals surface area contributed by atoms with E-state index in [0.29, 0.717) is 24.7 Å². The first-order chi connectivity index (χ1) is 16.1. The standard InChI is InChI=1S/C26H29N5O2/c27-17-29-26(31-24-14-18-10-11-20(24)13-18)30-22-7-3-5-19(15-22)23(8-1-2-9-25(32)33)21-6-4-12-28-16-21/h3-8,12,15-16,18,20,24H,1-2,9-11,13-14H2,(H,32,33)(H2,29,30,31). The third-order valence-corrected chi connectivity index (χ3v) is 6.52. The van der Waals surface area contributed by atoms with Crippen LogP contribution in [0.15, 0.2) is 59.9 Å². The molecule has 2 aliphatic rings. The second-order valence-corrected chi connectivity index (χ2v) is 8.81. The molecule has 3 N–H and O–H groups in total. The van der Waals surface area contributed by atoms with Gasteiger partial charge in [0.1, 0.15) is 0 Å². The lowest BCUT2D eigenvalue weighted by molar-refractivity contribution is -0.137. The average Bonchev–Trinajstić information content (AvgIpc) is 3.43. The van der Waals surface area contributed by atoms with Crippen LogP contribution in [0.3, 0.4) is 0 Å². The van der Waals surface area contributed by atoms with Crippen molar-refractivity contribution in [1.29, 1.82) is 5.26 Å². The van der Waals surface area contributed by atoms with Gasteiger partial charge in [0.2, 0.25) is 5.96 Å². The minimum atomic E-state index is -0.787. The van der Waals surface area contributed by atoms with E-state index in [0.717, 1.165) is 34.7 Å². The summed E-state index contributed by atoms with van der Waals surface area (Å²) in [7, 11) is 0. The van der Waals surface area contributed by atoms with Crippen molar-refractivity contribution >= 4 is 23.2 Å². The number of aliphatic imine (C=N–C) groups is 1. The first-order valence-electron chi connectivity index (χ1n) is 11.5. The maximum Gasteiger partial charge on any atom is 0.303 e. The highest BCUT2D eigenvalue weighted by atomic mass is 16.4. The van der Waals surface area contributed by atoms with Crippen LogP contribution in [0, 0.1) is 23.3 Å². The molecule has 33 heavy (non-hydrogen) atoms. The molecule has 0 radical (unpaired) electrons. The number of nitriles is 1. The number of allylic oxidation sites excluding steroid dienone is 1. The number of carboxylic acid groups (broad SMARTS) is 1. The molecule has 2 fully saturated rings. The Morgan fingerprint density at radius 3 is 2.82 bits per heavy atom. The largest absolute Gasteiger partial charge is 0.481 e. The molecule has 2 bridgehead atoms. The lowest BCUT2D eigenvalue weighted by atomic mass is 9.96. The number of anilines is 1. The fourth-order valence-electron chi connectivity index (χ4n) is 5.01. The van der Waals surface area contributed by atoms with Gasteiger partial charge in [-0.3, -0.25) is 15.1 Å². The summed E-state index contributed by atoms with van der Waals surface area (Å²) in [6.45, 7) is 0. The first-order valence-corrected chi connectivity index (χ1v) is 11.5. The van der Waals surface area contributed by atoms with Crippen LogP contribution in [0.4, 0.5) is 5.69 Å². The molecular weight excluding hydrogens is 414 g/mol. The summed E-state index contributed by atoms with van der Waals surface area (Å²) in [4.78, 5) is 20.0. The van der Waals surface area contributed by atoms with Gasteiger partial charge in [0.25, 0.3) is 0 Å². The minimum absolute atomic E-state index is 0.140. The van der Waals surface area contributed by atoms with Gasteiger partial charge < -0.3 is 10.4 Å². The minimum Gasteiger partial charge on any atom is -0.481 e. The van der Waals surface area contributed by atoms with Gasteiger partial charge in [-0.2, -0.15) is 5.26 Å². The normalized spacial score (nSPS) is 22.1. The van der Waals surface area contributed by atoms with Crippen molar-refractivity contribution in [1.82, 2.24) is 10.3 Å². The summed E-state index contributed by atoms with van der Waals surface area (Å²) < 4.78 is 0. The number of aromatic nitrogens is 1. The molecule has 0 spiro atoms. The molecule has 3 atom stereocenters. The Morgan fingerprint density at radius 2 is 2.12 bits per heavy atom. The van der Waals surface area contributed by atoms with Crippen LogP contribution >= 0.6 is 0 Å². The number of pyridine rings is 1. The van der Waals surface area contributed by atoms with E-state index < -0.39 is 5.97 Å². The zero-order chi connectivity index (χ0) is 23.0. The van der Waals surface area contributed by atoms with Crippen LogP contribution in [-0.2, 0) is 4.79 Å². The van der Waals surface area contributed by atoms with E-state index in [2.05, 4.69) is 21.7 Å². The monoisotopic (exact) mass is 443 g/mol. The third kappa shape index (κ3) is 5.98. The van der Waals surface area contributed by atoms with E-state index in [9.17, 15) is 10.1 Å². The number of unbranched alkanes of at least 4 members (excludes halogenated alkanes) is 1. The fourth-order valence-corrected chi connectivity index (χ4v) is 5.01. The number of nitrogens with one attached hydrogen (secondary N) is 2. The van der Waals surface area contributed by atoms with Gasteiger partial charge >= 0.3 is 5.97 Å². The van der Waals surface area contributed by atoms with E-state index in [4.69, 9.17) is 10.1 Å². The van der Waals surface area contributed by atoms with E-state index in [1.165, 1.54) is 19.3 Å². The fraction of sp³-hybridized carbons (Fsp3) is 0.385. The molecule has 2 aromatic rings. The summed E-state index contributed by atoms with van der Waals surface area (Å²) in [5, 5.41) is 24.2. The van der Waals surface area contributed by atoms with Crippen LogP contribution < -0.4 is 10.6 Å². The average molecular weight is 444 g/mol. The van der Waals surface area contributed by atoms with Crippen molar-refractivity contribution < 1.29 is 9.90 Å². The van der Waals surface area contributed by atoms with Gasteiger partial charge in [0.05, 0.1) is 6.04 Å². The van der Waals surface area contributed by atoms with Crippen LogP contribution in [0.2, 0.25) is 0 Å². The molecule has 1 aromatic heterocycles. The van der Waals surface area contributed by atoms with Gasteiger partial charge in [-0.05, 0) is 73.3 Å². The molecule has 170 valence electrons. The first kappa shape index (κ1) is 22.5. The highest BCUT2D eigenvalue weighted by molar-refractivity contribution is 5.95. The Bertz CT molecular complexity index is 1070. The number of hydrogen-bond acceptors (Lipinski definition) is 4. The number of hydrogen-bond donors (Lipinski definition) is 3. The Labute approximate surface area is 194 Å². The molecule has 1 aromatic carbocycles. The Kier molecular flexibility index (Phi) is 7.36. The van der Waals surface area contributed by atoms with Crippen LogP contribution in [0.25, 0.3) is 5.57 Å². The van der Waals surface area contributed by atoms with E-state index in [1.807, 2.05) is 48.8 Å². The number of rotatable bonds is 8. The number of carboxylic acids is 1. The van der Waals surface area contributed by atoms with Gasteiger partial charge in [0, 0.05) is 30.1 Å². The number of guanidine groups is 1. The highest BCUT2D eigenvalue weighted by Crippen LogP contribution is 2.46. The topological polar surface area (TPSA) is 110 Å². The second-order valence-electron chi connectivity index (χ2n) is 8.81. The van der Waals surface area contributed by atoms with Gasteiger partial charge in [-0.1, -0.05) is 30.7 Å². The third-order valence-electron chi connectivity index (χ3n) is 6.52. The Hall–Kier alpha value is -3.66. The van der Waals surface area contributed by atoms with Crippen LogP contribution in [-0.4, -0.2) is 28.1 Å². The summed E-state index contributed by atoms with van der Waals surface area (Å²) in [6, 6.07) is 12.1. The SMILES string of the molecule is N#CNC(=NC1CC2CCC1C2)Nc1cccc(C(=CCCCC(=O)O)c2cccnc2)c1. The van der Waals surface area contributed by atoms with Crippen molar-refractivity contribution in [3.8, 4) is 6.19 Å². The van der Waals surface area contributed by atoms with E-state index in [1.54, 1.807) is 6.20 Å². The molecule has 0 aliphatic heterocycles. The van der Waals surface area contributed by atoms with Crippen molar-refractivity contribution in [2.24, 2.45) is 16.8 Å². The number of benzene rings is 1. The van der Waals surface area contributed by atoms with Gasteiger partial charge in [0.15, 0.2) is 6.19 Å². The lowest BCUT2D eigenvalue weighted by Gasteiger charge is -2.19. The molecule has 2 saturated carbocycles. The summed E-state index contributed by atoms with van der Waals surface area (Å²) in [5.41, 5.74) is 3.78. The second kappa shape index (κ2) is 10.8. The number of aliphatic carboxylic acids is 1. The maximum absolute atomic E-state index is 10.9. The molecular formula is C26H29N5O2. The molecule has 4 rings (SSSR count). The van der Waals surface area contributed by atoms with E-state index >= 15 is 0 Å². The zero-order valence-corrected chi connectivity index (χ0v) is 18.6. The smallest absolute Gasteiger partial charge is 0.303 e. The molecule has 7 nitrogen and oxygen atoms in total. The van der Waals surface area contributed by atoms with Crippen molar-refractivity contribution in [2.75, 3.05) is 5.32 Å². The van der Waals surface area contributed by atoms with Gasteiger partial charge in [-0.25, -0.2) is 4.99 Å². The highest BCUT2D eigenvalue weighted by Gasteiger charge is 2.39. The van der Waals surface area contributed by atoms with Crippen LogP contribution in [0.1, 0.15) is 56.1 Å². The van der Waals surface area contributed by atoms with Crippen LogP contribution in [0.5, 0.6) is 0 Å². The van der Waals surface area contributed by atoms with Gasteiger partial charge in [-0.15, -0.1) is 0 Å². The molecule has 2 aliphatic carbocycles. The molecule has 3 unspecified atom stereocenters. The molecule has 0 amide bonds. The summed E-state index contributed by atoms with van der Waals surface area (Å²) in [5.74, 6) is 1.11. The van der Waals surface area contributed by atoms with Crippen molar-refractivity contribution in [3.63, 3.8) is 0 Å². The molecule has 7 heteroatoms. The Morgan fingerprint density at radius 1 is 1.24 bits per heavy atom. The van der Waals surface area contributed by atoms with Crippen molar-refractivity contribution in [3.05, 3.63) is 66.0 Å². The summed E-state index contributed by atoms with van der Waals surface area (Å²) >= 11 is 0. The molecule has 0 saturated heterocycles. The molecule has 1 heterocycles. The van der Waals surface area contributed by atoms with E-state index in [-0.39, 0.29) is 12.5 Å². The number of carbonyl (C=O) groups is 1.